The molecule has 1 aliphatic rings. The normalized spacial score (nSPS) is 36.0. The Kier molecular flexibility index (Phi) is 2.09. The first-order valence-corrected chi connectivity index (χ1v) is 3.54. The zero-order chi connectivity index (χ0) is 6.85. The van der Waals surface area contributed by atoms with Crippen LogP contribution in [-0.2, 0) is 0 Å². The zero-order valence-corrected chi connectivity index (χ0v) is 6.17. The highest BCUT2D eigenvalue weighted by Gasteiger charge is 2.23. The van der Waals surface area contributed by atoms with Crippen LogP contribution in [0.1, 0.15) is 19.3 Å². The summed E-state index contributed by atoms with van der Waals surface area (Å²) in [6.07, 6.45) is 3.08. The van der Waals surface area contributed by atoms with Gasteiger partial charge in [-0.05, 0) is 33.4 Å². The van der Waals surface area contributed by atoms with Gasteiger partial charge in [0.15, 0.2) is 0 Å². The van der Waals surface area contributed by atoms with Gasteiger partial charge in [-0.1, -0.05) is 0 Å². The van der Waals surface area contributed by atoms with Gasteiger partial charge in [0.2, 0.25) is 0 Å². The third-order valence-electron chi connectivity index (χ3n) is 2.11. The number of nitrogens with zero attached hydrogens (tertiary/aromatic N) is 1. The van der Waals surface area contributed by atoms with Crippen LogP contribution in [0.15, 0.2) is 0 Å². The topological polar surface area (TPSA) is 23.5 Å². The summed E-state index contributed by atoms with van der Waals surface area (Å²) < 4.78 is 0. The largest absolute Gasteiger partial charge is 0.393 e. The molecule has 0 amide bonds. The summed E-state index contributed by atoms with van der Waals surface area (Å²) in [6, 6.07) is 0.625. The summed E-state index contributed by atoms with van der Waals surface area (Å²) in [5, 5.41) is 9.12. The summed E-state index contributed by atoms with van der Waals surface area (Å²) in [5.41, 5.74) is 0. The first-order valence-electron chi connectivity index (χ1n) is 3.54. The van der Waals surface area contributed by atoms with Crippen molar-refractivity contribution < 1.29 is 5.11 Å². The Morgan fingerprint density at radius 2 is 2.00 bits per heavy atom. The quantitative estimate of drug-likeness (QED) is 0.556. The van der Waals surface area contributed by atoms with Crippen LogP contribution in [-0.4, -0.2) is 36.2 Å². The first-order chi connectivity index (χ1) is 4.20. The average molecular weight is 129 g/mol. The molecular formula is C7H15NO. The van der Waals surface area contributed by atoms with E-state index in [0.717, 1.165) is 19.3 Å². The molecule has 1 aliphatic carbocycles. The van der Waals surface area contributed by atoms with Gasteiger partial charge < -0.3 is 10.0 Å². The van der Waals surface area contributed by atoms with Gasteiger partial charge in [-0.25, -0.2) is 0 Å². The third-order valence-corrected chi connectivity index (χ3v) is 2.11. The van der Waals surface area contributed by atoms with Crippen LogP contribution in [0.2, 0.25) is 0 Å². The van der Waals surface area contributed by atoms with Gasteiger partial charge in [-0.3, -0.25) is 0 Å². The van der Waals surface area contributed by atoms with Gasteiger partial charge in [0.1, 0.15) is 0 Å². The Morgan fingerprint density at radius 3 is 2.22 bits per heavy atom. The second-order valence-electron chi connectivity index (χ2n) is 3.08. The van der Waals surface area contributed by atoms with E-state index >= 15 is 0 Å². The lowest BCUT2D eigenvalue weighted by molar-refractivity contribution is 0.169. The lowest BCUT2D eigenvalue weighted by Gasteiger charge is -2.17. The predicted octanol–water partition coefficient (Wildman–Crippen LogP) is 0.461. The predicted molar refractivity (Wildman–Crippen MR) is 37.3 cm³/mol. The Labute approximate surface area is 56.5 Å². The van der Waals surface area contributed by atoms with Crippen LogP contribution in [0.3, 0.4) is 0 Å². The molecule has 0 aliphatic heterocycles. The molecule has 1 saturated carbocycles. The van der Waals surface area contributed by atoms with Crippen molar-refractivity contribution in [3.63, 3.8) is 0 Å². The van der Waals surface area contributed by atoms with Crippen molar-refractivity contribution in [1.29, 1.82) is 0 Å². The van der Waals surface area contributed by atoms with E-state index < -0.39 is 0 Å². The van der Waals surface area contributed by atoms with E-state index in [2.05, 4.69) is 19.0 Å². The Morgan fingerprint density at radius 1 is 1.33 bits per heavy atom. The summed E-state index contributed by atoms with van der Waals surface area (Å²) in [6.45, 7) is 0. The fourth-order valence-electron chi connectivity index (χ4n) is 1.40. The van der Waals surface area contributed by atoms with Gasteiger partial charge in [0.05, 0.1) is 6.10 Å². The Hall–Kier alpha value is -0.0800. The van der Waals surface area contributed by atoms with E-state index in [0.29, 0.717) is 6.04 Å². The molecule has 0 saturated heterocycles. The third kappa shape index (κ3) is 1.66. The molecular weight excluding hydrogens is 114 g/mol. The molecule has 0 aromatic rings. The zero-order valence-electron chi connectivity index (χ0n) is 6.17. The van der Waals surface area contributed by atoms with E-state index in [9.17, 15) is 0 Å². The minimum absolute atomic E-state index is 0.0302. The van der Waals surface area contributed by atoms with Crippen molar-refractivity contribution >= 4 is 0 Å². The number of rotatable bonds is 1. The second-order valence-corrected chi connectivity index (χ2v) is 3.08. The van der Waals surface area contributed by atoms with Crippen molar-refractivity contribution in [2.45, 2.75) is 31.4 Å². The number of aliphatic hydroxyl groups excluding tert-OH is 1. The number of aliphatic hydroxyl groups is 1. The lowest BCUT2D eigenvalue weighted by Crippen LogP contribution is -2.25. The molecule has 2 heteroatoms. The maximum atomic E-state index is 9.12. The molecule has 0 heterocycles. The molecule has 1 fully saturated rings. The van der Waals surface area contributed by atoms with Crippen molar-refractivity contribution in [3.8, 4) is 0 Å². The molecule has 9 heavy (non-hydrogen) atoms. The van der Waals surface area contributed by atoms with Gasteiger partial charge in [0, 0.05) is 6.04 Å². The molecule has 2 nitrogen and oxygen atoms in total. The smallest absolute Gasteiger partial charge is 0.0555 e. The molecule has 0 aromatic carbocycles. The fraction of sp³-hybridized carbons (Fsp3) is 1.00. The highest BCUT2D eigenvalue weighted by atomic mass is 16.3. The van der Waals surface area contributed by atoms with Crippen molar-refractivity contribution in [2.75, 3.05) is 14.1 Å². The van der Waals surface area contributed by atoms with Crippen LogP contribution in [0.4, 0.5) is 0 Å². The highest BCUT2D eigenvalue weighted by molar-refractivity contribution is 4.79. The minimum atomic E-state index is -0.0302. The van der Waals surface area contributed by atoms with Crippen LogP contribution >= 0.6 is 0 Å². The Bertz CT molecular complexity index is 92.9. The SMILES string of the molecule is CN(C)[C@@H]1CC[C@@H](O)C1. The Balaban J connectivity index is 2.30. The highest BCUT2D eigenvalue weighted by Crippen LogP contribution is 2.21. The molecule has 1 rings (SSSR count). The van der Waals surface area contributed by atoms with Crippen LogP contribution in [0.25, 0.3) is 0 Å². The summed E-state index contributed by atoms with van der Waals surface area (Å²) in [5.74, 6) is 0. The van der Waals surface area contributed by atoms with Crippen molar-refractivity contribution in [2.24, 2.45) is 0 Å². The maximum Gasteiger partial charge on any atom is 0.0555 e. The van der Waals surface area contributed by atoms with Crippen molar-refractivity contribution in [1.82, 2.24) is 4.90 Å². The van der Waals surface area contributed by atoms with E-state index in [1.54, 1.807) is 0 Å². The molecule has 0 radical (unpaired) electrons. The van der Waals surface area contributed by atoms with Gasteiger partial charge >= 0.3 is 0 Å². The molecule has 1 N–H and O–H groups in total. The molecule has 0 bridgehead atoms. The van der Waals surface area contributed by atoms with Crippen LogP contribution < -0.4 is 0 Å². The van der Waals surface area contributed by atoms with E-state index in [1.807, 2.05) is 0 Å². The summed E-state index contributed by atoms with van der Waals surface area (Å²) in [7, 11) is 4.14. The second kappa shape index (κ2) is 2.67. The monoisotopic (exact) mass is 129 g/mol. The standard InChI is InChI=1S/C7H15NO/c1-8(2)6-3-4-7(9)5-6/h6-7,9H,3-5H2,1-2H3/t6-,7-/m1/s1. The minimum Gasteiger partial charge on any atom is -0.393 e. The van der Waals surface area contributed by atoms with E-state index in [-0.39, 0.29) is 6.10 Å². The molecule has 54 valence electrons. The number of hydrogen-bond donors (Lipinski definition) is 1. The molecule has 0 unspecified atom stereocenters. The lowest BCUT2D eigenvalue weighted by atomic mass is 10.2. The molecule has 2 atom stereocenters. The summed E-state index contributed by atoms with van der Waals surface area (Å²) >= 11 is 0. The van der Waals surface area contributed by atoms with Gasteiger partial charge in [-0.2, -0.15) is 0 Å². The molecule has 0 spiro atoms. The van der Waals surface area contributed by atoms with Crippen LogP contribution in [0, 0.1) is 0 Å². The van der Waals surface area contributed by atoms with Crippen LogP contribution in [0.5, 0.6) is 0 Å². The maximum absolute atomic E-state index is 9.12. The van der Waals surface area contributed by atoms with Crippen molar-refractivity contribution in [3.05, 3.63) is 0 Å². The average Bonchev–Trinajstić information content (AvgIpc) is 2.14. The van der Waals surface area contributed by atoms with E-state index in [1.165, 1.54) is 0 Å². The van der Waals surface area contributed by atoms with E-state index in [4.69, 9.17) is 5.11 Å². The molecule has 0 aromatic heterocycles. The van der Waals surface area contributed by atoms with Gasteiger partial charge in [0.25, 0.3) is 0 Å². The summed E-state index contributed by atoms with van der Waals surface area (Å²) in [4.78, 5) is 2.19. The van der Waals surface area contributed by atoms with Gasteiger partial charge in [-0.15, -0.1) is 0 Å². The fourth-order valence-corrected chi connectivity index (χ4v) is 1.40. The first kappa shape index (κ1) is 7.03. The number of hydrogen-bond acceptors (Lipinski definition) is 2.